The van der Waals surface area contributed by atoms with Crippen LogP contribution in [0.25, 0.3) is 117 Å². The van der Waals surface area contributed by atoms with E-state index in [1.165, 1.54) is 66.4 Å². The summed E-state index contributed by atoms with van der Waals surface area (Å²) in [4.78, 5) is 14.3. The molecular formula is C66H46N4. The number of pyridine rings is 3. The lowest BCUT2D eigenvalue weighted by Gasteiger charge is -2.21. The summed E-state index contributed by atoms with van der Waals surface area (Å²) in [7, 11) is 0. The molecule has 0 fully saturated rings. The first-order valence-corrected chi connectivity index (χ1v) is 24.0. The third kappa shape index (κ3) is 7.03. The number of aromatic nitrogens is 4. The molecule has 0 aliphatic heterocycles. The van der Waals surface area contributed by atoms with Gasteiger partial charge < -0.3 is 4.57 Å². The fourth-order valence-corrected chi connectivity index (χ4v) is 10.8. The van der Waals surface area contributed by atoms with E-state index >= 15 is 0 Å². The third-order valence-corrected chi connectivity index (χ3v) is 14.3. The fourth-order valence-electron chi connectivity index (χ4n) is 10.8. The monoisotopic (exact) mass is 894 g/mol. The molecule has 8 aromatic carbocycles. The Morgan fingerprint density at radius 1 is 0.329 bits per heavy atom. The molecule has 0 radical (unpaired) electrons. The Bertz CT molecular complexity index is 3820. The Kier molecular flexibility index (Phi) is 9.81. The predicted octanol–water partition coefficient (Wildman–Crippen LogP) is 16.9. The molecule has 4 aromatic heterocycles. The van der Waals surface area contributed by atoms with Crippen LogP contribution in [0.1, 0.15) is 25.0 Å². The van der Waals surface area contributed by atoms with Crippen molar-refractivity contribution in [2.24, 2.45) is 0 Å². The van der Waals surface area contributed by atoms with Crippen LogP contribution >= 0.6 is 0 Å². The van der Waals surface area contributed by atoms with Crippen molar-refractivity contribution < 1.29 is 0 Å². The van der Waals surface area contributed by atoms with E-state index in [1.54, 1.807) is 0 Å². The highest BCUT2D eigenvalue weighted by Gasteiger charge is 2.36. The van der Waals surface area contributed by atoms with Crippen LogP contribution in [0, 0.1) is 0 Å². The van der Waals surface area contributed by atoms with E-state index in [1.807, 2.05) is 48.8 Å². The molecular weight excluding hydrogens is 849 g/mol. The van der Waals surface area contributed by atoms with E-state index in [0.717, 1.165) is 61.8 Å². The number of rotatable bonds is 8. The number of hydrogen-bond donors (Lipinski definition) is 0. The van der Waals surface area contributed by atoms with E-state index in [4.69, 9.17) is 4.98 Å². The standard InChI is InChI=1S/C66H46N4/c1-66(2)57-22-10-9-20-55(57)65-53(21-15-23-58(65)66)48-31-33-63-56(39-48)54-32-30-47(42-64(54)70(63)52-37-49(43-16-5-3-6-17-43)36-50(38-52)44-18-7-4-8-19-44)45-26-28-46(29-27-45)51-40-61(59-24-11-13-34-67-59)69-62(41-51)60-25-12-14-35-68-60/h3-42H,1-2H3. The lowest BCUT2D eigenvalue weighted by atomic mass is 9.82. The maximum absolute atomic E-state index is 5.01. The second-order valence-electron chi connectivity index (χ2n) is 18.8. The van der Waals surface area contributed by atoms with E-state index in [2.05, 4.69) is 223 Å². The topological polar surface area (TPSA) is 43.6 Å². The van der Waals surface area contributed by atoms with Crippen LogP contribution in [0.4, 0.5) is 0 Å². The third-order valence-electron chi connectivity index (χ3n) is 14.3. The minimum Gasteiger partial charge on any atom is -0.309 e. The van der Waals surface area contributed by atoms with Gasteiger partial charge in [-0.15, -0.1) is 0 Å². The van der Waals surface area contributed by atoms with E-state index in [0.29, 0.717) is 0 Å². The summed E-state index contributed by atoms with van der Waals surface area (Å²) in [5.41, 5.74) is 23.6. The van der Waals surface area contributed by atoms with Crippen molar-refractivity contribution in [3.05, 3.63) is 254 Å². The van der Waals surface area contributed by atoms with Gasteiger partial charge in [-0.05, 0) is 151 Å². The van der Waals surface area contributed by atoms with Crippen molar-refractivity contribution in [3.63, 3.8) is 0 Å². The molecule has 13 rings (SSSR count). The van der Waals surface area contributed by atoms with Crippen LogP contribution in [0.15, 0.2) is 243 Å². The number of benzene rings is 8. The molecule has 12 aromatic rings. The second kappa shape index (κ2) is 16.7. The molecule has 0 atom stereocenters. The van der Waals surface area contributed by atoms with Gasteiger partial charge in [0.1, 0.15) is 0 Å². The first-order valence-electron chi connectivity index (χ1n) is 24.0. The van der Waals surface area contributed by atoms with Gasteiger partial charge in [0.25, 0.3) is 0 Å². The van der Waals surface area contributed by atoms with Gasteiger partial charge in [-0.25, -0.2) is 4.98 Å². The highest BCUT2D eigenvalue weighted by atomic mass is 15.0. The van der Waals surface area contributed by atoms with Gasteiger partial charge in [-0.2, -0.15) is 0 Å². The summed E-state index contributed by atoms with van der Waals surface area (Å²) in [5.74, 6) is 0. The van der Waals surface area contributed by atoms with Crippen molar-refractivity contribution in [2.45, 2.75) is 19.3 Å². The normalized spacial score (nSPS) is 12.5. The zero-order valence-electron chi connectivity index (χ0n) is 38.9. The lowest BCUT2D eigenvalue weighted by molar-refractivity contribution is 0.660. The van der Waals surface area contributed by atoms with Crippen LogP contribution in [0.3, 0.4) is 0 Å². The van der Waals surface area contributed by atoms with Gasteiger partial charge in [0.2, 0.25) is 0 Å². The average Bonchev–Trinajstić information content (AvgIpc) is 3.88. The minimum absolute atomic E-state index is 0.0830. The molecule has 4 heterocycles. The molecule has 1 aliphatic rings. The van der Waals surface area contributed by atoms with Crippen LogP contribution in [0.2, 0.25) is 0 Å². The minimum atomic E-state index is -0.0830. The van der Waals surface area contributed by atoms with Gasteiger partial charge in [0.05, 0.1) is 33.8 Å². The second-order valence-corrected chi connectivity index (χ2v) is 18.8. The molecule has 0 spiro atoms. The summed E-state index contributed by atoms with van der Waals surface area (Å²) in [5, 5.41) is 2.42. The molecule has 0 amide bonds. The van der Waals surface area contributed by atoms with Crippen molar-refractivity contribution in [1.29, 1.82) is 0 Å². The van der Waals surface area contributed by atoms with Gasteiger partial charge in [0.15, 0.2) is 0 Å². The molecule has 0 saturated carbocycles. The Morgan fingerprint density at radius 3 is 1.50 bits per heavy atom. The molecule has 0 saturated heterocycles. The smallest absolute Gasteiger partial charge is 0.0900 e. The van der Waals surface area contributed by atoms with E-state index in [-0.39, 0.29) is 5.41 Å². The summed E-state index contributed by atoms with van der Waals surface area (Å²) in [6, 6.07) is 83.4. The fraction of sp³-hybridized carbons (Fsp3) is 0.0455. The molecule has 0 bridgehead atoms. The SMILES string of the molecule is CC1(C)c2ccccc2-c2c(-c3ccc4c(c3)c3ccc(-c5ccc(-c6cc(-c7ccccn7)nc(-c7ccccn7)c6)cc5)cc3n4-c3cc(-c4ccccc4)cc(-c4ccccc4)c3)cccc21. The Morgan fingerprint density at radius 2 is 0.857 bits per heavy atom. The van der Waals surface area contributed by atoms with Crippen LogP contribution in [-0.4, -0.2) is 19.5 Å². The van der Waals surface area contributed by atoms with Gasteiger partial charge in [0, 0.05) is 34.3 Å². The molecule has 0 N–H and O–H groups in total. The first-order chi connectivity index (χ1) is 34.4. The first kappa shape index (κ1) is 41.2. The van der Waals surface area contributed by atoms with Gasteiger partial charge in [-0.3, -0.25) is 9.97 Å². The summed E-state index contributed by atoms with van der Waals surface area (Å²) in [6.07, 6.45) is 3.62. The average molecular weight is 895 g/mol. The van der Waals surface area contributed by atoms with E-state index in [9.17, 15) is 0 Å². The summed E-state index contributed by atoms with van der Waals surface area (Å²) >= 11 is 0. The number of nitrogens with zero attached hydrogens (tertiary/aromatic N) is 4. The van der Waals surface area contributed by atoms with Crippen LogP contribution in [-0.2, 0) is 5.41 Å². The molecule has 70 heavy (non-hydrogen) atoms. The zero-order valence-corrected chi connectivity index (χ0v) is 38.9. The number of fused-ring (bicyclic) bond motifs is 6. The van der Waals surface area contributed by atoms with Crippen LogP contribution in [0.5, 0.6) is 0 Å². The molecule has 0 unspecified atom stereocenters. The predicted molar refractivity (Wildman–Crippen MR) is 290 cm³/mol. The largest absolute Gasteiger partial charge is 0.309 e. The lowest BCUT2D eigenvalue weighted by Crippen LogP contribution is -2.14. The summed E-state index contributed by atoms with van der Waals surface area (Å²) in [6.45, 7) is 4.71. The van der Waals surface area contributed by atoms with Crippen molar-refractivity contribution in [2.75, 3.05) is 0 Å². The summed E-state index contributed by atoms with van der Waals surface area (Å²) < 4.78 is 2.48. The number of hydrogen-bond acceptors (Lipinski definition) is 3. The highest BCUT2D eigenvalue weighted by Crippen LogP contribution is 2.52. The van der Waals surface area contributed by atoms with Gasteiger partial charge in [-0.1, -0.05) is 172 Å². The maximum Gasteiger partial charge on any atom is 0.0900 e. The Labute approximate surface area is 407 Å². The Balaban J connectivity index is 0.988. The molecule has 4 heteroatoms. The van der Waals surface area contributed by atoms with Crippen LogP contribution < -0.4 is 0 Å². The Hall–Kier alpha value is -8.99. The quantitative estimate of drug-likeness (QED) is 0.153. The van der Waals surface area contributed by atoms with E-state index < -0.39 is 0 Å². The van der Waals surface area contributed by atoms with Crippen molar-refractivity contribution in [1.82, 2.24) is 19.5 Å². The highest BCUT2D eigenvalue weighted by molar-refractivity contribution is 6.12. The maximum atomic E-state index is 5.01. The van der Waals surface area contributed by atoms with Gasteiger partial charge >= 0.3 is 0 Å². The molecule has 1 aliphatic carbocycles. The molecule has 4 nitrogen and oxygen atoms in total. The zero-order chi connectivity index (χ0) is 46.8. The molecule has 330 valence electrons. The van der Waals surface area contributed by atoms with Crippen molar-refractivity contribution in [3.8, 4) is 95.2 Å². The van der Waals surface area contributed by atoms with Crippen molar-refractivity contribution >= 4 is 21.8 Å².